The van der Waals surface area contributed by atoms with Crippen molar-refractivity contribution in [1.29, 1.82) is 0 Å². The predicted molar refractivity (Wildman–Crippen MR) is 132 cm³/mol. The number of aryl methyl sites for hydroxylation is 2. The molecule has 3 aromatic rings. The zero-order chi connectivity index (χ0) is 25.1. The van der Waals surface area contributed by atoms with Crippen LogP contribution in [0.1, 0.15) is 40.0 Å². The van der Waals surface area contributed by atoms with Gasteiger partial charge in [0.05, 0.1) is 23.0 Å². The highest BCUT2D eigenvalue weighted by atomic mass is 32.1. The summed E-state index contributed by atoms with van der Waals surface area (Å²) in [6.45, 7) is 4.40. The third kappa shape index (κ3) is 4.11. The van der Waals surface area contributed by atoms with Gasteiger partial charge in [0.25, 0.3) is 5.91 Å². The van der Waals surface area contributed by atoms with Crippen LogP contribution in [0.15, 0.2) is 12.1 Å². The Labute approximate surface area is 205 Å². The van der Waals surface area contributed by atoms with E-state index in [-0.39, 0.29) is 35.2 Å². The topological polar surface area (TPSA) is 119 Å². The van der Waals surface area contributed by atoms with Gasteiger partial charge in [-0.2, -0.15) is 0 Å². The molecule has 3 atom stereocenters. The molecule has 5 rings (SSSR count). The Hall–Kier alpha value is -2.89. The number of methoxy groups -OCH3 is 1. The molecule has 4 heterocycles. The van der Waals surface area contributed by atoms with Gasteiger partial charge in [-0.1, -0.05) is 0 Å². The van der Waals surface area contributed by atoms with Crippen LogP contribution in [0, 0.1) is 18.6 Å². The summed E-state index contributed by atoms with van der Waals surface area (Å²) in [7, 11) is 1.61. The molecule has 0 saturated carbocycles. The molecule has 1 saturated heterocycles. The summed E-state index contributed by atoms with van der Waals surface area (Å²) in [6, 6.07) is 2.37. The van der Waals surface area contributed by atoms with Crippen molar-refractivity contribution in [2.45, 2.75) is 50.8 Å². The van der Waals surface area contributed by atoms with Gasteiger partial charge in [0.1, 0.15) is 15.5 Å². The molecule has 1 aliphatic carbocycles. The van der Waals surface area contributed by atoms with E-state index in [4.69, 9.17) is 16.2 Å². The summed E-state index contributed by atoms with van der Waals surface area (Å²) in [6.07, 6.45) is 1.71. The molecule has 8 nitrogen and oxygen atoms in total. The lowest BCUT2D eigenvalue weighted by atomic mass is 9.91. The number of nitrogens with one attached hydrogen (secondary N) is 1. The fourth-order valence-electron chi connectivity index (χ4n) is 4.86. The third-order valence-electron chi connectivity index (χ3n) is 7.19. The number of nitrogens with zero attached hydrogens (tertiary/aromatic N) is 3. The molecular formula is C24H28F2N6O2S. The molecule has 0 radical (unpaired) electrons. The van der Waals surface area contributed by atoms with E-state index in [2.05, 4.69) is 15.3 Å². The second-order valence-corrected chi connectivity index (χ2v) is 10.6. The van der Waals surface area contributed by atoms with Crippen molar-refractivity contribution in [2.24, 2.45) is 5.73 Å². The summed E-state index contributed by atoms with van der Waals surface area (Å²) in [4.78, 5) is 24.5. The maximum Gasteiger partial charge on any atom is 0.263 e. The number of hydrogen-bond acceptors (Lipinski definition) is 8. The smallest absolute Gasteiger partial charge is 0.263 e. The Bertz CT molecular complexity index is 1330. The van der Waals surface area contributed by atoms with E-state index in [9.17, 15) is 9.18 Å². The van der Waals surface area contributed by atoms with Gasteiger partial charge in [0.15, 0.2) is 11.6 Å². The van der Waals surface area contributed by atoms with Crippen LogP contribution in [0.3, 0.4) is 0 Å². The lowest BCUT2D eigenvalue weighted by Gasteiger charge is -2.28. The molecule has 5 N–H and O–H groups in total. The summed E-state index contributed by atoms with van der Waals surface area (Å²) in [5, 5.41) is 3.43. The number of hydrogen-bond donors (Lipinski definition) is 3. The summed E-state index contributed by atoms with van der Waals surface area (Å²) >= 11 is 1.14. The monoisotopic (exact) mass is 502 g/mol. The van der Waals surface area contributed by atoms with E-state index in [1.165, 1.54) is 12.1 Å². The largest absolute Gasteiger partial charge is 0.397 e. The molecular weight excluding hydrogens is 474 g/mol. The lowest BCUT2D eigenvalue weighted by Crippen LogP contribution is -2.45. The van der Waals surface area contributed by atoms with Gasteiger partial charge in [-0.15, -0.1) is 11.3 Å². The zero-order valence-corrected chi connectivity index (χ0v) is 20.6. The van der Waals surface area contributed by atoms with Crippen LogP contribution in [0.5, 0.6) is 0 Å². The highest BCUT2D eigenvalue weighted by Crippen LogP contribution is 2.34. The van der Waals surface area contributed by atoms with E-state index in [1.54, 1.807) is 14.0 Å². The highest BCUT2D eigenvalue weighted by molar-refractivity contribution is 7.21. The number of pyridine rings is 2. The second kappa shape index (κ2) is 8.65. The number of anilines is 2. The summed E-state index contributed by atoms with van der Waals surface area (Å²) in [5.74, 6) is -0.933. The maximum atomic E-state index is 15.1. The summed E-state index contributed by atoms with van der Waals surface area (Å²) in [5.41, 5.74) is 13.9. The molecule has 0 spiro atoms. The number of carbonyl (C=O) groups is 1. The van der Waals surface area contributed by atoms with Crippen LogP contribution >= 0.6 is 11.3 Å². The van der Waals surface area contributed by atoms with Gasteiger partial charge >= 0.3 is 0 Å². The van der Waals surface area contributed by atoms with E-state index in [0.29, 0.717) is 47.4 Å². The number of halogens is 2. The normalized spacial score (nSPS) is 24.1. The van der Waals surface area contributed by atoms with E-state index < -0.39 is 17.2 Å². The fraction of sp³-hybridized carbons (Fsp3) is 0.458. The summed E-state index contributed by atoms with van der Waals surface area (Å²) < 4.78 is 34.6. The highest BCUT2D eigenvalue weighted by Gasteiger charge is 2.42. The first-order valence-electron chi connectivity index (χ1n) is 11.5. The first kappa shape index (κ1) is 23.8. The van der Waals surface area contributed by atoms with Gasteiger partial charge in [0.2, 0.25) is 0 Å². The molecule has 3 aromatic heterocycles. The first-order valence-corrected chi connectivity index (χ1v) is 12.3. The number of rotatable bonds is 4. The van der Waals surface area contributed by atoms with Crippen LogP contribution in [-0.4, -0.2) is 53.8 Å². The van der Waals surface area contributed by atoms with Crippen molar-refractivity contribution in [3.8, 4) is 0 Å². The average Bonchev–Trinajstić information content (AvgIpc) is 3.30. The zero-order valence-electron chi connectivity index (χ0n) is 19.8. The van der Waals surface area contributed by atoms with Crippen LogP contribution in [-0.2, 0) is 17.6 Å². The SMILES string of the molecule is COC1(C)CN(c2nc3c(cc2F)CC(NC(=O)c2sc4nc(C)c(F)cc4c2N)CC3)CC1N. The van der Waals surface area contributed by atoms with Gasteiger partial charge in [-0.05, 0) is 50.8 Å². The quantitative estimate of drug-likeness (QED) is 0.502. The molecule has 186 valence electrons. The average molecular weight is 503 g/mol. The lowest BCUT2D eigenvalue weighted by molar-refractivity contribution is 0.0128. The Morgan fingerprint density at radius 3 is 2.80 bits per heavy atom. The molecule has 1 amide bonds. The van der Waals surface area contributed by atoms with Crippen LogP contribution < -0.4 is 21.7 Å². The number of ether oxygens (including phenoxy) is 1. The molecule has 3 unspecified atom stereocenters. The molecule has 0 aromatic carbocycles. The minimum atomic E-state index is -0.562. The Morgan fingerprint density at radius 2 is 2.09 bits per heavy atom. The molecule has 0 bridgehead atoms. The van der Waals surface area contributed by atoms with Crippen LogP contribution in [0.4, 0.5) is 20.3 Å². The third-order valence-corrected chi connectivity index (χ3v) is 8.30. The predicted octanol–water partition coefficient (Wildman–Crippen LogP) is 2.70. The Balaban J connectivity index is 1.32. The van der Waals surface area contributed by atoms with Gasteiger partial charge in [-0.3, -0.25) is 4.79 Å². The van der Waals surface area contributed by atoms with Crippen LogP contribution in [0.25, 0.3) is 10.2 Å². The molecule has 1 aliphatic heterocycles. The fourth-order valence-corrected chi connectivity index (χ4v) is 5.89. The second-order valence-electron chi connectivity index (χ2n) is 9.57. The van der Waals surface area contributed by atoms with E-state index in [0.717, 1.165) is 22.6 Å². The minimum Gasteiger partial charge on any atom is -0.397 e. The number of carbonyl (C=O) groups excluding carboxylic acids is 1. The van der Waals surface area contributed by atoms with Crippen molar-refractivity contribution in [1.82, 2.24) is 15.3 Å². The Kier molecular flexibility index (Phi) is 5.89. The van der Waals surface area contributed by atoms with E-state index in [1.807, 2.05) is 11.8 Å². The molecule has 2 aliphatic rings. The Morgan fingerprint density at radius 1 is 1.31 bits per heavy atom. The van der Waals surface area contributed by atoms with Crippen molar-refractivity contribution >= 4 is 39.0 Å². The molecule has 35 heavy (non-hydrogen) atoms. The first-order chi connectivity index (χ1) is 16.6. The molecule has 1 fully saturated rings. The van der Waals surface area contributed by atoms with E-state index >= 15 is 4.39 Å². The number of fused-ring (bicyclic) bond motifs is 2. The standard InChI is InChI=1S/C24H28F2N6O2S/c1-11-15(25)8-14-19(28)20(35-23(14)29-11)22(33)30-13-4-5-17-12(6-13)7-16(26)21(31-17)32-9-18(27)24(2,10-32)34-3/h7-8,13,18H,4-6,9-10,27-28H2,1-3H3,(H,30,33). The minimum absolute atomic E-state index is 0.199. The van der Waals surface area contributed by atoms with Crippen molar-refractivity contribution < 1.29 is 18.3 Å². The van der Waals surface area contributed by atoms with Crippen LogP contribution in [0.2, 0.25) is 0 Å². The van der Waals surface area contributed by atoms with Crippen molar-refractivity contribution in [3.05, 3.63) is 45.6 Å². The molecule has 11 heteroatoms. The van der Waals surface area contributed by atoms with Gasteiger partial charge in [0, 0.05) is 37.3 Å². The number of nitrogens with two attached hydrogens (primary N) is 2. The number of amides is 1. The van der Waals surface area contributed by atoms with Crippen molar-refractivity contribution in [2.75, 3.05) is 30.8 Å². The van der Waals surface area contributed by atoms with Gasteiger partial charge in [-0.25, -0.2) is 18.7 Å². The number of aromatic nitrogens is 2. The number of thiophene rings is 1. The van der Waals surface area contributed by atoms with Gasteiger partial charge < -0.3 is 26.4 Å². The van der Waals surface area contributed by atoms with Crippen molar-refractivity contribution in [3.63, 3.8) is 0 Å². The maximum absolute atomic E-state index is 15.1. The number of nitrogen functional groups attached to an aromatic ring is 1.